The second-order valence-electron chi connectivity index (χ2n) is 6.75. The van der Waals surface area contributed by atoms with Crippen LogP contribution in [0.4, 0.5) is 4.79 Å². The molecule has 0 bridgehead atoms. The van der Waals surface area contributed by atoms with Crippen LogP contribution in [0.5, 0.6) is 0 Å². The quantitative estimate of drug-likeness (QED) is 0.335. The normalized spacial score (nSPS) is 12.8. The maximum absolute atomic E-state index is 12.2. The molecule has 0 saturated heterocycles. The highest BCUT2D eigenvalue weighted by Crippen LogP contribution is 2.44. The van der Waals surface area contributed by atoms with E-state index >= 15 is 0 Å². The third-order valence-corrected chi connectivity index (χ3v) is 6.15. The topological polar surface area (TPSA) is 100 Å². The number of benzene rings is 2. The smallest absolute Gasteiger partial charge is 0.426 e. The van der Waals surface area contributed by atoms with E-state index in [9.17, 15) is 9.59 Å². The van der Waals surface area contributed by atoms with Crippen LogP contribution >= 0.6 is 11.3 Å². The number of hydrogen-bond donors (Lipinski definition) is 3. The monoisotopic (exact) mass is 421 g/mol. The predicted molar refractivity (Wildman–Crippen MR) is 114 cm³/mol. The van der Waals surface area contributed by atoms with Crippen LogP contribution in [-0.2, 0) is 4.74 Å². The molecule has 0 fully saturated rings. The van der Waals surface area contributed by atoms with E-state index in [2.05, 4.69) is 28.1 Å². The number of carbonyl (C=O) groups is 2. The molecule has 2 aromatic carbocycles. The van der Waals surface area contributed by atoms with Crippen LogP contribution in [0.2, 0.25) is 0 Å². The summed E-state index contributed by atoms with van der Waals surface area (Å²) in [6.45, 7) is 1.79. The summed E-state index contributed by atoms with van der Waals surface area (Å²) in [6, 6.07) is 19.4. The first-order chi connectivity index (χ1) is 14.6. The average Bonchev–Trinajstić information content (AvgIpc) is 3.39. The van der Waals surface area contributed by atoms with Gasteiger partial charge < -0.3 is 9.94 Å². The molecule has 4 rings (SSSR count). The third-order valence-electron chi connectivity index (χ3n) is 4.96. The van der Waals surface area contributed by atoms with Gasteiger partial charge in [-0.15, -0.1) is 11.3 Å². The van der Waals surface area contributed by atoms with Crippen molar-refractivity contribution in [2.24, 2.45) is 5.16 Å². The summed E-state index contributed by atoms with van der Waals surface area (Å²) in [5.74, 6) is -0.537. The van der Waals surface area contributed by atoms with Gasteiger partial charge in [-0.25, -0.2) is 10.2 Å². The molecule has 0 atom stereocenters. The van der Waals surface area contributed by atoms with Gasteiger partial charge in [0.25, 0.3) is 5.91 Å². The van der Waals surface area contributed by atoms with E-state index in [0.717, 1.165) is 33.6 Å². The SMILES string of the molecule is C/C(=N\O)c1ccc(C(=O)NNC(=O)OCC2c3ccccc3-c3ccccc32)s1. The van der Waals surface area contributed by atoms with Crippen molar-refractivity contribution in [1.29, 1.82) is 0 Å². The third kappa shape index (κ3) is 3.77. The summed E-state index contributed by atoms with van der Waals surface area (Å²) < 4.78 is 5.37. The number of nitrogens with zero attached hydrogens (tertiary/aromatic N) is 1. The van der Waals surface area contributed by atoms with Gasteiger partial charge in [-0.2, -0.15) is 0 Å². The van der Waals surface area contributed by atoms with Crippen LogP contribution in [0.15, 0.2) is 65.8 Å². The second-order valence-corrected chi connectivity index (χ2v) is 7.84. The summed E-state index contributed by atoms with van der Waals surface area (Å²) in [6.07, 6.45) is -0.741. The number of nitrogens with one attached hydrogen (secondary N) is 2. The summed E-state index contributed by atoms with van der Waals surface area (Å²) in [5, 5.41) is 11.9. The lowest BCUT2D eigenvalue weighted by Gasteiger charge is -2.14. The second kappa shape index (κ2) is 8.38. The molecule has 3 aromatic rings. The van der Waals surface area contributed by atoms with Gasteiger partial charge in [0, 0.05) is 5.92 Å². The molecule has 0 spiro atoms. The van der Waals surface area contributed by atoms with Crippen LogP contribution in [0.3, 0.4) is 0 Å². The molecule has 0 unspecified atom stereocenters. The van der Waals surface area contributed by atoms with Crippen molar-refractivity contribution in [3.05, 3.63) is 81.5 Å². The molecular formula is C22H19N3O4S. The van der Waals surface area contributed by atoms with Gasteiger partial charge >= 0.3 is 6.09 Å². The Morgan fingerprint density at radius 1 is 0.967 bits per heavy atom. The zero-order valence-corrected chi connectivity index (χ0v) is 16.9. The Kier molecular flexibility index (Phi) is 5.49. The highest BCUT2D eigenvalue weighted by atomic mass is 32.1. The van der Waals surface area contributed by atoms with Crippen LogP contribution in [0.25, 0.3) is 11.1 Å². The number of thiophene rings is 1. The van der Waals surface area contributed by atoms with Gasteiger partial charge in [-0.1, -0.05) is 53.7 Å². The zero-order valence-electron chi connectivity index (χ0n) is 16.1. The molecular weight excluding hydrogens is 402 g/mol. The van der Waals surface area contributed by atoms with E-state index in [0.29, 0.717) is 15.5 Å². The summed E-state index contributed by atoms with van der Waals surface area (Å²) in [7, 11) is 0. The van der Waals surface area contributed by atoms with E-state index in [4.69, 9.17) is 9.94 Å². The standard InChI is InChI=1S/C22H19N3O4S/c1-13(25-28)19-10-11-20(30-19)21(26)23-24-22(27)29-12-18-16-8-4-2-6-14(16)15-7-3-5-9-17(15)18/h2-11,18,28H,12H2,1H3,(H,23,26)(H,24,27)/b25-13+. The first-order valence-electron chi connectivity index (χ1n) is 9.28. The van der Waals surface area contributed by atoms with Gasteiger partial charge in [0.2, 0.25) is 0 Å². The van der Waals surface area contributed by atoms with Gasteiger partial charge in [-0.3, -0.25) is 10.2 Å². The molecule has 0 saturated carbocycles. The minimum atomic E-state index is -0.741. The molecule has 30 heavy (non-hydrogen) atoms. The summed E-state index contributed by atoms with van der Waals surface area (Å²) in [4.78, 5) is 25.3. The van der Waals surface area contributed by atoms with Crippen molar-refractivity contribution in [3.63, 3.8) is 0 Å². The van der Waals surface area contributed by atoms with E-state index in [1.165, 1.54) is 0 Å². The Labute approximate surface area is 177 Å². The fourth-order valence-corrected chi connectivity index (χ4v) is 4.35. The number of hydrogen-bond acceptors (Lipinski definition) is 6. The highest BCUT2D eigenvalue weighted by Gasteiger charge is 2.29. The number of fused-ring (bicyclic) bond motifs is 3. The molecule has 1 aliphatic carbocycles. The molecule has 8 heteroatoms. The maximum atomic E-state index is 12.2. The van der Waals surface area contributed by atoms with Crippen LogP contribution in [-0.4, -0.2) is 29.5 Å². The fraction of sp³-hybridized carbons (Fsp3) is 0.136. The van der Waals surface area contributed by atoms with E-state index in [1.807, 2.05) is 36.4 Å². The molecule has 2 amide bonds. The van der Waals surface area contributed by atoms with Gasteiger partial charge in [0.1, 0.15) is 6.61 Å². The maximum Gasteiger partial charge on any atom is 0.426 e. The highest BCUT2D eigenvalue weighted by molar-refractivity contribution is 7.16. The van der Waals surface area contributed by atoms with E-state index < -0.39 is 12.0 Å². The average molecular weight is 421 g/mol. The lowest BCUT2D eigenvalue weighted by Crippen LogP contribution is -2.42. The Hall–Kier alpha value is -3.65. The number of ether oxygens (including phenoxy) is 1. The van der Waals surface area contributed by atoms with E-state index in [-0.39, 0.29) is 12.5 Å². The van der Waals surface area contributed by atoms with Crippen LogP contribution < -0.4 is 10.9 Å². The molecule has 1 heterocycles. The van der Waals surface area contributed by atoms with Crippen molar-refractivity contribution in [2.45, 2.75) is 12.8 Å². The van der Waals surface area contributed by atoms with Crippen molar-refractivity contribution < 1.29 is 19.5 Å². The number of amides is 2. The lowest BCUT2D eigenvalue weighted by molar-refractivity contribution is 0.0912. The minimum Gasteiger partial charge on any atom is -0.447 e. The number of hydrazine groups is 1. The molecule has 0 radical (unpaired) electrons. The Morgan fingerprint density at radius 2 is 1.57 bits per heavy atom. The molecule has 3 N–H and O–H groups in total. The van der Waals surface area contributed by atoms with E-state index in [1.54, 1.807) is 19.1 Å². The molecule has 1 aromatic heterocycles. The number of carbonyl (C=O) groups excluding carboxylic acids is 2. The van der Waals surface area contributed by atoms with Crippen LogP contribution in [0.1, 0.15) is 38.5 Å². The van der Waals surface area contributed by atoms with Crippen molar-refractivity contribution in [1.82, 2.24) is 10.9 Å². The Balaban J connectivity index is 1.35. The fourth-order valence-electron chi connectivity index (χ4n) is 3.51. The molecule has 152 valence electrons. The largest absolute Gasteiger partial charge is 0.447 e. The van der Waals surface area contributed by atoms with Crippen LogP contribution in [0, 0.1) is 0 Å². The summed E-state index contributed by atoms with van der Waals surface area (Å²) in [5.41, 5.74) is 9.52. The molecule has 1 aliphatic rings. The van der Waals surface area contributed by atoms with Gasteiger partial charge in [0.15, 0.2) is 0 Å². The first-order valence-corrected chi connectivity index (χ1v) is 10.1. The Bertz CT molecular complexity index is 1090. The van der Waals surface area contributed by atoms with Crippen molar-refractivity contribution in [2.75, 3.05) is 6.61 Å². The number of rotatable bonds is 4. The summed E-state index contributed by atoms with van der Waals surface area (Å²) >= 11 is 1.15. The molecule has 0 aliphatic heterocycles. The number of oxime groups is 1. The Morgan fingerprint density at radius 3 is 2.20 bits per heavy atom. The van der Waals surface area contributed by atoms with Gasteiger partial charge in [-0.05, 0) is 41.3 Å². The van der Waals surface area contributed by atoms with Gasteiger partial charge in [0.05, 0.1) is 15.5 Å². The lowest BCUT2D eigenvalue weighted by atomic mass is 9.98. The van der Waals surface area contributed by atoms with Crippen molar-refractivity contribution >= 4 is 29.0 Å². The predicted octanol–water partition coefficient (Wildman–Crippen LogP) is 4.13. The zero-order chi connectivity index (χ0) is 21.1. The first kappa shape index (κ1) is 19.7. The minimum absolute atomic E-state index is 0.0561. The molecule has 7 nitrogen and oxygen atoms in total. The van der Waals surface area contributed by atoms with Crippen molar-refractivity contribution in [3.8, 4) is 11.1 Å².